The van der Waals surface area contributed by atoms with Crippen molar-refractivity contribution in [3.05, 3.63) is 35.1 Å². The molecule has 1 aliphatic heterocycles. The molecule has 0 bridgehead atoms. The Morgan fingerprint density at radius 1 is 1.33 bits per heavy atom. The predicted molar refractivity (Wildman–Crippen MR) is 107 cm³/mol. The van der Waals surface area contributed by atoms with E-state index in [2.05, 4.69) is 15.3 Å². The third-order valence-electron chi connectivity index (χ3n) is 5.41. The maximum atomic E-state index is 10.2. The summed E-state index contributed by atoms with van der Waals surface area (Å²) in [5.74, 6) is 0. The van der Waals surface area contributed by atoms with Crippen molar-refractivity contribution in [2.75, 3.05) is 29.9 Å². The van der Waals surface area contributed by atoms with Crippen molar-refractivity contribution in [1.82, 2.24) is 9.78 Å². The number of rotatable bonds is 6. The largest absolute Gasteiger partial charge is 0.393 e. The van der Waals surface area contributed by atoms with Gasteiger partial charge in [0.2, 0.25) is 0 Å². The van der Waals surface area contributed by atoms with E-state index in [1.807, 2.05) is 16.9 Å². The molecule has 0 atom stereocenters. The summed E-state index contributed by atoms with van der Waals surface area (Å²) in [5, 5.41) is 35.6. The summed E-state index contributed by atoms with van der Waals surface area (Å²) in [6.45, 7) is 0.999. The van der Waals surface area contributed by atoms with Crippen molar-refractivity contribution in [3.63, 3.8) is 0 Å². The van der Waals surface area contributed by atoms with Gasteiger partial charge in [0, 0.05) is 36.8 Å². The fourth-order valence-electron chi connectivity index (χ4n) is 3.47. The fourth-order valence-corrected chi connectivity index (χ4v) is 3.76. The van der Waals surface area contributed by atoms with Crippen LogP contribution in [0.4, 0.5) is 17.1 Å². The van der Waals surface area contributed by atoms with Crippen LogP contribution in [-0.4, -0.2) is 51.5 Å². The number of hydrogen-bond acceptors (Lipinski definition) is 6. The van der Waals surface area contributed by atoms with E-state index in [0.29, 0.717) is 42.6 Å². The first-order valence-corrected chi connectivity index (χ1v) is 9.62. The van der Waals surface area contributed by atoms with Crippen LogP contribution >= 0.6 is 11.6 Å². The molecule has 1 aromatic carbocycles. The second-order valence-corrected chi connectivity index (χ2v) is 7.88. The van der Waals surface area contributed by atoms with Gasteiger partial charge in [-0.1, -0.05) is 11.6 Å². The molecule has 1 aliphatic carbocycles. The summed E-state index contributed by atoms with van der Waals surface area (Å²) in [7, 11) is 0. The highest BCUT2D eigenvalue weighted by Crippen LogP contribution is 2.37. The summed E-state index contributed by atoms with van der Waals surface area (Å²) in [6, 6.07) is 4.24. The first kappa shape index (κ1) is 18.3. The van der Waals surface area contributed by atoms with Gasteiger partial charge in [-0.25, -0.2) is 0 Å². The van der Waals surface area contributed by atoms with E-state index in [0.717, 1.165) is 17.1 Å². The number of hydrogen-bond donors (Lipinski definition) is 4. The molecular weight excluding hydrogens is 366 g/mol. The Hall–Kier alpha value is -2.09. The molecule has 2 aromatic rings. The van der Waals surface area contributed by atoms with Gasteiger partial charge in [-0.3, -0.25) is 4.68 Å². The second-order valence-electron chi connectivity index (χ2n) is 7.47. The number of benzene rings is 1. The van der Waals surface area contributed by atoms with E-state index in [9.17, 15) is 10.2 Å². The van der Waals surface area contributed by atoms with Crippen molar-refractivity contribution in [1.29, 1.82) is 5.41 Å². The maximum absolute atomic E-state index is 10.2. The summed E-state index contributed by atoms with van der Waals surface area (Å²) < 4.78 is 1.98. The number of nitrogens with one attached hydrogen (secondary N) is 2. The maximum Gasteiger partial charge on any atom is 0.0911 e. The van der Waals surface area contributed by atoms with E-state index < -0.39 is 5.60 Å². The molecule has 1 saturated heterocycles. The van der Waals surface area contributed by atoms with Crippen molar-refractivity contribution < 1.29 is 10.2 Å². The normalized spacial score (nSPS) is 19.1. The first-order chi connectivity index (χ1) is 13.0. The highest BCUT2D eigenvalue weighted by molar-refractivity contribution is 6.33. The van der Waals surface area contributed by atoms with E-state index in [1.165, 1.54) is 19.1 Å². The van der Waals surface area contributed by atoms with Crippen LogP contribution in [0.25, 0.3) is 0 Å². The molecule has 2 heterocycles. The average Bonchev–Trinajstić information content (AvgIpc) is 3.43. The van der Waals surface area contributed by atoms with Crippen LogP contribution in [0.5, 0.6) is 0 Å². The van der Waals surface area contributed by atoms with Crippen LogP contribution in [0.2, 0.25) is 5.02 Å². The molecule has 0 radical (unpaired) electrons. The molecule has 144 valence electrons. The van der Waals surface area contributed by atoms with Gasteiger partial charge in [-0.15, -0.1) is 0 Å². The van der Waals surface area contributed by atoms with Gasteiger partial charge in [0.1, 0.15) is 0 Å². The Bertz CT molecular complexity index is 841. The lowest BCUT2D eigenvalue weighted by Crippen LogP contribution is -2.46. The molecule has 27 heavy (non-hydrogen) atoms. The van der Waals surface area contributed by atoms with Gasteiger partial charge in [0.15, 0.2) is 0 Å². The van der Waals surface area contributed by atoms with Gasteiger partial charge in [0.05, 0.1) is 40.8 Å². The Labute approximate surface area is 163 Å². The van der Waals surface area contributed by atoms with Crippen molar-refractivity contribution in [2.45, 2.75) is 37.3 Å². The Balaban J connectivity index is 1.57. The highest BCUT2D eigenvalue weighted by Gasteiger charge is 2.32. The zero-order valence-corrected chi connectivity index (χ0v) is 15.8. The molecule has 2 aliphatic rings. The Morgan fingerprint density at radius 2 is 2.07 bits per heavy atom. The zero-order chi connectivity index (χ0) is 19.0. The SMILES string of the molecule is N=Cc1cc(Cl)c(N2CCC(O)(CO)CC2)cc1Nc1cnn(C2CC2)c1. The number of piperidine rings is 1. The van der Waals surface area contributed by atoms with Crippen molar-refractivity contribution in [3.8, 4) is 0 Å². The molecule has 2 fully saturated rings. The van der Waals surface area contributed by atoms with Crippen molar-refractivity contribution >= 4 is 34.9 Å². The average molecular weight is 390 g/mol. The molecule has 0 amide bonds. The van der Waals surface area contributed by atoms with E-state index in [-0.39, 0.29) is 6.61 Å². The summed E-state index contributed by atoms with van der Waals surface area (Å²) in [6.07, 6.45) is 8.39. The monoisotopic (exact) mass is 389 g/mol. The smallest absolute Gasteiger partial charge is 0.0911 e. The molecule has 1 aromatic heterocycles. The Kier molecular flexibility index (Phi) is 4.84. The highest BCUT2D eigenvalue weighted by atomic mass is 35.5. The fraction of sp³-hybridized carbons (Fsp3) is 0.474. The summed E-state index contributed by atoms with van der Waals surface area (Å²) in [5.41, 5.74) is 2.23. The van der Waals surface area contributed by atoms with Gasteiger partial charge in [0.25, 0.3) is 0 Å². The predicted octanol–water partition coefficient (Wildman–Crippen LogP) is 2.94. The molecule has 4 N–H and O–H groups in total. The molecule has 1 saturated carbocycles. The quantitative estimate of drug-likeness (QED) is 0.569. The molecule has 7 nitrogen and oxygen atoms in total. The topological polar surface area (TPSA) is 97.4 Å². The molecular formula is C19H24ClN5O2. The van der Waals surface area contributed by atoms with Crippen LogP contribution in [-0.2, 0) is 0 Å². The lowest BCUT2D eigenvalue weighted by atomic mass is 9.92. The van der Waals surface area contributed by atoms with Gasteiger partial charge in [-0.05, 0) is 37.8 Å². The number of aromatic nitrogens is 2. The lowest BCUT2D eigenvalue weighted by Gasteiger charge is -2.38. The van der Waals surface area contributed by atoms with Gasteiger partial charge in [-0.2, -0.15) is 5.10 Å². The van der Waals surface area contributed by atoms with Gasteiger partial charge < -0.3 is 25.8 Å². The number of aliphatic hydroxyl groups excluding tert-OH is 1. The van der Waals surface area contributed by atoms with Crippen LogP contribution in [0.3, 0.4) is 0 Å². The Morgan fingerprint density at radius 3 is 2.70 bits per heavy atom. The van der Waals surface area contributed by atoms with Crippen LogP contribution < -0.4 is 10.2 Å². The van der Waals surface area contributed by atoms with Crippen molar-refractivity contribution in [2.24, 2.45) is 0 Å². The molecule has 0 spiro atoms. The number of anilines is 3. The van der Waals surface area contributed by atoms with E-state index in [1.54, 1.807) is 12.3 Å². The number of aliphatic hydroxyl groups is 2. The third-order valence-corrected chi connectivity index (χ3v) is 5.71. The summed E-state index contributed by atoms with van der Waals surface area (Å²) >= 11 is 6.47. The third kappa shape index (κ3) is 3.81. The number of halogens is 1. The minimum Gasteiger partial charge on any atom is -0.393 e. The molecule has 0 unspecified atom stereocenters. The molecule has 4 rings (SSSR count). The summed E-state index contributed by atoms with van der Waals surface area (Å²) in [4.78, 5) is 2.11. The van der Waals surface area contributed by atoms with Crippen LogP contribution in [0, 0.1) is 5.41 Å². The second kappa shape index (κ2) is 7.14. The van der Waals surface area contributed by atoms with Gasteiger partial charge >= 0.3 is 0 Å². The van der Waals surface area contributed by atoms with Crippen LogP contribution in [0.15, 0.2) is 24.5 Å². The van der Waals surface area contributed by atoms with E-state index in [4.69, 9.17) is 17.0 Å². The first-order valence-electron chi connectivity index (χ1n) is 9.25. The van der Waals surface area contributed by atoms with Crippen LogP contribution in [0.1, 0.15) is 37.3 Å². The standard InChI is InChI=1S/C19H24ClN5O2/c20-16-7-13(9-21)17(23-14-10-22-25(11-14)15-1-2-15)8-18(16)24-5-3-19(27,12-26)4-6-24/h7-11,15,21,23,26-27H,1-6,12H2. The minimum atomic E-state index is -1.00. The van der Waals surface area contributed by atoms with E-state index >= 15 is 0 Å². The molecule has 8 heteroatoms. The zero-order valence-electron chi connectivity index (χ0n) is 15.0. The lowest BCUT2D eigenvalue weighted by molar-refractivity contribution is -0.0325. The minimum absolute atomic E-state index is 0.223. The number of nitrogens with zero attached hydrogens (tertiary/aromatic N) is 3.